The Kier molecular flexibility index (Phi) is 5.49. The SMILES string of the molecule is CC=C/C=C(/I)CC. The molecule has 0 aliphatic heterocycles. The van der Waals surface area contributed by atoms with Crippen molar-refractivity contribution in [1.29, 1.82) is 0 Å². The summed E-state index contributed by atoms with van der Waals surface area (Å²) in [5, 5.41) is 0. The molecule has 46 valence electrons. The molecule has 1 heteroatoms. The van der Waals surface area contributed by atoms with Crippen LogP contribution in [0.15, 0.2) is 21.8 Å². The summed E-state index contributed by atoms with van der Waals surface area (Å²) in [6.07, 6.45) is 7.37. The maximum atomic E-state index is 2.34. The summed E-state index contributed by atoms with van der Waals surface area (Å²) >= 11 is 2.34. The molecule has 0 aromatic rings. The molecule has 0 amide bonds. The third-order valence-corrected chi connectivity index (χ3v) is 1.93. The van der Waals surface area contributed by atoms with Crippen LogP contribution in [0.3, 0.4) is 0 Å². The van der Waals surface area contributed by atoms with Gasteiger partial charge in [0.2, 0.25) is 0 Å². The molecule has 0 bridgehead atoms. The highest BCUT2D eigenvalue weighted by atomic mass is 127. The Hall–Kier alpha value is 0.210. The highest BCUT2D eigenvalue weighted by molar-refractivity contribution is 14.1. The van der Waals surface area contributed by atoms with Gasteiger partial charge in [-0.25, -0.2) is 0 Å². The van der Waals surface area contributed by atoms with Gasteiger partial charge in [0.25, 0.3) is 0 Å². The minimum atomic E-state index is 1.14. The summed E-state index contributed by atoms with van der Waals surface area (Å²) < 4.78 is 1.40. The first-order valence-corrected chi connectivity index (χ1v) is 3.86. The number of hydrogen-bond donors (Lipinski definition) is 0. The van der Waals surface area contributed by atoms with Crippen LogP contribution < -0.4 is 0 Å². The van der Waals surface area contributed by atoms with E-state index in [9.17, 15) is 0 Å². The molecule has 0 nitrogen and oxygen atoms in total. The topological polar surface area (TPSA) is 0 Å². The van der Waals surface area contributed by atoms with Crippen molar-refractivity contribution in [2.45, 2.75) is 20.3 Å². The molecule has 0 heterocycles. The van der Waals surface area contributed by atoms with E-state index in [0.29, 0.717) is 0 Å². The van der Waals surface area contributed by atoms with Gasteiger partial charge in [-0.05, 0) is 39.5 Å². The second-order valence-corrected chi connectivity index (χ2v) is 2.88. The van der Waals surface area contributed by atoms with Crippen LogP contribution in [-0.2, 0) is 0 Å². The summed E-state index contributed by atoms with van der Waals surface area (Å²) in [6.45, 7) is 4.18. The molecule has 0 rings (SSSR count). The molecule has 0 aromatic heterocycles. The lowest BCUT2D eigenvalue weighted by molar-refractivity contribution is 1.21. The van der Waals surface area contributed by atoms with Gasteiger partial charge in [0.15, 0.2) is 0 Å². The van der Waals surface area contributed by atoms with Crippen LogP contribution in [0.4, 0.5) is 0 Å². The maximum absolute atomic E-state index is 2.34. The Morgan fingerprint density at radius 1 is 1.62 bits per heavy atom. The predicted molar refractivity (Wildman–Crippen MR) is 47.2 cm³/mol. The monoisotopic (exact) mass is 222 g/mol. The van der Waals surface area contributed by atoms with Crippen LogP contribution in [0.25, 0.3) is 0 Å². The zero-order chi connectivity index (χ0) is 6.41. The van der Waals surface area contributed by atoms with E-state index in [0.717, 1.165) is 6.42 Å². The van der Waals surface area contributed by atoms with Gasteiger partial charge in [-0.1, -0.05) is 25.2 Å². The van der Waals surface area contributed by atoms with E-state index < -0.39 is 0 Å². The minimum absolute atomic E-state index is 1.14. The number of halogens is 1. The Bertz CT molecular complexity index is 101. The zero-order valence-corrected chi connectivity index (χ0v) is 7.47. The summed E-state index contributed by atoms with van der Waals surface area (Å²) in [7, 11) is 0. The quantitative estimate of drug-likeness (QED) is 0.496. The third kappa shape index (κ3) is 4.37. The van der Waals surface area contributed by atoms with Gasteiger partial charge in [-0.3, -0.25) is 0 Å². The minimum Gasteiger partial charge on any atom is -0.0876 e. The van der Waals surface area contributed by atoms with E-state index in [-0.39, 0.29) is 0 Å². The van der Waals surface area contributed by atoms with Crippen LogP contribution >= 0.6 is 22.6 Å². The molecule has 0 radical (unpaired) electrons. The zero-order valence-electron chi connectivity index (χ0n) is 5.32. The Morgan fingerprint density at radius 3 is 2.62 bits per heavy atom. The molecule has 0 saturated carbocycles. The smallest absolute Gasteiger partial charge is 0.00969 e. The first-order valence-electron chi connectivity index (χ1n) is 2.78. The maximum Gasteiger partial charge on any atom is -0.00969 e. The summed E-state index contributed by atoms with van der Waals surface area (Å²) in [4.78, 5) is 0. The number of hydrogen-bond acceptors (Lipinski definition) is 0. The molecule has 0 aliphatic rings. The van der Waals surface area contributed by atoms with Gasteiger partial charge in [0, 0.05) is 0 Å². The van der Waals surface area contributed by atoms with Crippen molar-refractivity contribution in [2.24, 2.45) is 0 Å². The fourth-order valence-corrected chi connectivity index (χ4v) is 0.526. The highest BCUT2D eigenvalue weighted by Gasteiger charge is 1.78. The molecule has 0 spiro atoms. The summed E-state index contributed by atoms with van der Waals surface area (Å²) in [6, 6.07) is 0. The van der Waals surface area contributed by atoms with Gasteiger partial charge in [-0.2, -0.15) is 0 Å². The fourth-order valence-electron chi connectivity index (χ4n) is 0.318. The molecular weight excluding hydrogens is 211 g/mol. The van der Waals surface area contributed by atoms with Gasteiger partial charge < -0.3 is 0 Å². The Balaban J connectivity index is 3.57. The van der Waals surface area contributed by atoms with Crippen molar-refractivity contribution in [3.8, 4) is 0 Å². The first kappa shape index (κ1) is 8.21. The van der Waals surface area contributed by atoms with Gasteiger partial charge in [-0.15, -0.1) is 0 Å². The molecule has 8 heavy (non-hydrogen) atoms. The molecule has 0 unspecified atom stereocenters. The second kappa shape index (κ2) is 5.35. The lowest BCUT2D eigenvalue weighted by Crippen LogP contribution is -1.60. The Labute approximate surface area is 64.8 Å². The summed E-state index contributed by atoms with van der Waals surface area (Å²) in [5.41, 5.74) is 0. The van der Waals surface area contributed by atoms with Crippen molar-refractivity contribution < 1.29 is 0 Å². The van der Waals surface area contributed by atoms with E-state index >= 15 is 0 Å². The van der Waals surface area contributed by atoms with Crippen LogP contribution in [0.5, 0.6) is 0 Å². The predicted octanol–water partition coefficient (Wildman–Crippen LogP) is 3.29. The molecule has 0 aromatic carbocycles. The second-order valence-electron chi connectivity index (χ2n) is 1.49. The molecule has 0 aliphatic carbocycles. The lowest BCUT2D eigenvalue weighted by Gasteiger charge is -1.84. The van der Waals surface area contributed by atoms with Crippen LogP contribution in [0.2, 0.25) is 0 Å². The highest BCUT2D eigenvalue weighted by Crippen LogP contribution is 2.08. The normalized spacial score (nSPS) is 13.1. The van der Waals surface area contributed by atoms with Crippen LogP contribution in [0, 0.1) is 0 Å². The van der Waals surface area contributed by atoms with E-state index in [2.05, 4.69) is 41.7 Å². The van der Waals surface area contributed by atoms with E-state index in [1.165, 1.54) is 3.58 Å². The molecular formula is C7H11I. The Morgan fingerprint density at radius 2 is 2.25 bits per heavy atom. The van der Waals surface area contributed by atoms with Crippen molar-refractivity contribution in [3.63, 3.8) is 0 Å². The van der Waals surface area contributed by atoms with Crippen molar-refractivity contribution in [3.05, 3.63) is 21.8 Å². The van der Waals surface area contributed by atoms with Gasteiger partial charge in [0.05, 0.1) is 0 Å². The van der Waals surface area contributed by atoms with Gasteiger partial charge in [0.1, 0.15) is 0 Å². The average Bonchev–Trinajstić information content (AvgIpc) is 1.83. The largest absolute Gasteiger partial charge is 0.0876 e. The first-order chi connectivity index (χ1) is 3.81. The van der Waals surface area contributed by atoms with Crippen LogP contribution in [0.1, 0.15) is 20.3 Å². The number of allylic oxidation sites excluding steroid dienone is 4. The molecule has 0 fully saturated rings. The van der Waals surface area contributed by atoms with Gasteiger partial charge >= 0.3 is 0 Å². The van der Waals surface area contributed by atoms with Crippen LogP contribution in [-0.4, -0.2) is 0 Å². The summed E-state index contributed by atoms with van der Waals surface area (Å²) in [5.74, 6) is 0. The van der Waals surface area contributed by atoms with Crippen molar-refractivity contribution in [2.75, 3.05) is 0 Å². The van der Waals surface area contributed by atoms with Crippen molar-refractivity contribution >= 4 is 22.6 Å². The lowest BCUT2D eigenvalue weighted by atomic mass is 10.4. The third-order valence-electron chi connectivity index (χ3n) is 0.807. The average molecular weight is 222 g/mol. The van der Waals surface area contributed by atoms with E-state index in [4.69, 9.17) is 0 Å². The van der Waals surface area contributed by atoms with E-state index in [1.807, 2.05) is 13.0 Å². The fraction of sp³-hybridized carbons (Fsp3) is 0.429. The molecule has 0 atom stereocenters. The van der Waals surface area contributed by atoms with E-state index in [1.54, 1.807) is 0 Å². The number of rotatable bonds is 2. The molecule has 0 saturated heterocycles. The standard InChI is InChI=1S/C7H11I/c1-3-5-6-7(8)4-2/h3,5-6H,4H2,1-2H3/b5-3?,7-6+. The van der Waals surface area contributed by atoms with Crippen molar-refractivity contribution in [1.82, 2.24) is 0 Å². The molecule has 0 N–H and O–H groups in total.